The van der Waals surface area contributed by atoms with Gasteiger partial charge >= 0.3 is 0 Å². The minimum absolute atomic E-state index is 0.153. The van der Waals surface area contributed by atoms with Crippen LogP contribution in [0.5, 0.6) is 0 Å². The molecule has 3 aliphatic carbocycles. The van der Waals surface area contributed by atoms with E-state index in [4.69, 9.17) is 0 Å². The Kier molecular flexibility index (Phi) is 6.38. The molecule has 0 aromatic heterocycles. The van der Waals surface area contributed by atoms with E-state index in [2.05, 4.69) is 202 Å². The standard InChI is InChI=1S/C53H38/c1-52(2)45-20-10-9-19-43(45)51(36-26-24-35(25-27-36)34-14-4-3-5-15-34)44-31-29-37(32-49(44)52)38-28-30-42-41-18-8-13-23-48(41)53(50(42)33-38)46-21-11-6-16-39(46)40-17-7-12-22-47(40)53/h3-33,51H,1-2H3. The first-order chi connectivity index (χ1) is 26.0. The third kappa shape index (κ3) is 4.12. The van der Waals surface area contributed by atoms with Gasteiger partial charge in [-0.2, -0.15) is 0 Å². The van der Waals surface area contributed by atoms with E-state index >= 15 is 0 Å². The van der Waals surface area contributed by atoms with Crippen molar-refractivity contribution in [3.8, 4) is 44.5 Å². The maximum atomic E-state index is 2.51. The highest BCUT2D eigenvalue weighted by Crippen LogP contribution is 2.63. The molecule has 0 N–H and O–H groups in total. The summed E-state index contributed by atoms with van der Waals surface area (Å²) in [6.45, 7) is 4.81. The van der Waals surface area contributed by atoms with Crippen LogP contribution in [0.2, 0.25) is 0 Å². The van der Waals surface area contributed by atoms with Crippen LogP contribution in [-0.4, -0.2) is 0 Å². The topological polar surface area (TPSA) is 0 Å². The van der Waals surface area contributed by atoms with E-state index in [0.29, 0.717) is 0 Å². The molecule has 0 fully saturated rings. The Hall–Kier alpha value is -6.24. The predicted octanol–water partition coefficient (Wildman–Crippen LogP) is 13.2. The van der Waals surface area contributed by atoms with Gasteiger partial charge in [0.25, 0.3) is 0 Å². The Balaban J connectivity index is 1.09. The molecule has 1 atom stereocenters. The highest BCUT2D eigenvalue weighted by Gasteiger charge is 2.51. The van der Waals surface area contributed by atoms with E-state index in [1.54, 1.807) is 0 Å². The maximum absolute atomic E-state index is 2.51. The molecule has 11 rings (SSSR count). The summed E-state index contributed by atoms with van der Waals surface area (Å²) in [5.41, 5.74) is 22.4. The van der Waals surface area contributed by atoms with Crippen LogP contribution in [0.3, 0.4) is 0 Å². The Morgan fingerprint density at radius 3 is 1.38 bits per heavy atom. The lowest BCUT2D eigenvalue weighted by molar-refractivity contribution is 0.598. The van der Waals surface area contributed by atoms with Crippen LogP contribution < -0.4 is 0 Å². The summed E-state index contributed by atoms with van der Waals surface area (Å²) in [7, 11) is 0. The van der Waals surface area contributed by atoms with Crippen molar-refractivity contribution in [2.75, 3.05) is 0 Å². The molecule has 0 radical (unpaired) electrons. The molecule has 8 aromatic carbocycles. The van der Waals surface area contributed by atoms with Crippen LogP contribution in [0.15, 0.2) is 188 Å². The van der Waals surface area contributed by atoms with Gasteiger partial charge in [-0.1, -0.05) is 190 Å². The summed E-state index contributed by atoms with van der Waals surface area (Å²) in [6.07, 6.45) is 0. The highest BCUT2D eigenvalue weighted by atomic mass is 14.5. The molecule has 0 bridgehead atoms. The second kappa shape index (κ2) is 11.1. The Morgan fingerprint density at radius 2 is 0.755 bits per heavy atom. The van der Waals surface area contributed by atoms with Gasteiger partial charge in [0.1, 0.15) is 0 Å². The molecule has 1 spiro atoms. The molecular weight excluding hydrogens is 637 g/mol. The molecular formula is C53H38. The van der Waals surface area contributed by atoms with Crippen LogP contribution in [-0.2, 0) is 10.8 Å². The van der Waals surface area contributed by atoms with Crippen LogP contribution in [0, 0.1) is 0 Å². The molecule has 0 heterocycles. The van der Waals surface area contributed by atoms with Gasteiger partial charge in [0, 0.05) is 11.3 Å². The molecule has 53 heavy (non-hydrogen) atoms. The minimum Gasteiger partial charge on any atom is -0.0622 e. The molecule has 0 amide bonds. The normalized spacial score (nSPS) is 16.2. The quantitative estimate of drug-likeness (QED) is 0.175. The molecule has 0 saturated heterocycles. The summed E-state index contributed by atoms with van der Waals surface area (Å²) in [5.74, 6) is 0.164. The number of benzene rings is 8. The van der Waals surface area contributed by atoms with Gasteiger partial charge in [0.15, 0.2) is 0 Å². The zero-order valence-corrected chi connectivity index (χ0v) is 30.0. The van der Waals surface area contributed by atoms with Gasteiger partial charge < -0.3 is 0 Å². The zero-order chi connectivity index (χ0) is 35.3. The largest absolute Gasteiger partial charge is 0.0725 e. The third-order valence-electron chi connectivity index (χ3n) is 12.7. The van der Waals surface area contributed by atoms with E-state index in [1.807, 2.05) is 0 Å². The van der Waals surface area contributed by atoms with E-state index in [9.17, 15) is 0 Å². The van der Waals surface area contributed by atoms with Gasteiger partial charge in [-0.05, 0) is 107 Å². The molecule has 0 nitrogen and oxygen atoms in total. The van der Waals surface area contributed by atoms with Crippen LogP contribution in [0.25, 0.3) is 44.5 Å². The molecule has 0 heteroatoms. The molecule has 250 valence electrons. The third-order valence-corrected chi connectivity index (χ3v) is 12.7. The smallest absolute Gasteiger partial charge is 0.0622 e. The van der Waals surface area contributed by atoms with E-state index in [-0.39, 0.29) is 16.7 Å². The lowest BCUT2D eigenvalue weighted by Gasteiger charge is -2.40. The van der Waals surface area contributed by atoms with Crippen molar-refractivity contribution in [2.45, 2.75) is 30.6 Å². The van der Waals surface area contributed by atoms with Crippen LogP contribution in [0.1, 0.15) is 69.8 Å². The fourth-order valence-electron chi connectivity index (χ4n) is 10.3. The Labute approximate surface area is 312 Å². The molecule has 0 saturated carbocycles. The molecule has 0 aliphatic heterocycles. The fraction of sp³-hybridized carbons (Fsp3) is 0.0943. The SMILES string of the molecule is CC1(C)c2ccccc2C(c2ccc(-c3ccccc3)cc2)c2ccc(-c3ccc4c(c3)C3(c5ccccc5-c5ccccc53)c3ccccc3-4)cc21. The first-order valence-corrected chi connectivity index (χ1v) is 18.9. The average Bonchev–Trinajstić information content (AvgIpc) is 3.69. The van der Waals surface area contributed by atoms with Gasteiger partial charge in [0.05, 0.1) is 5.41 Å². The first kappa shape index (κ1) is 30.4. The second-order valence-electron chi connectivity index (χ2n) is 15.6. The average molecular weight is 675 g/mol. The van der Waals surface area contributed by atoms with Crippen molar-refractivity contribution >= 4 is 0 Å². The molecule has 8 aromatic rings. The van der Waals surface area contributed by atoms with E-state index < -0.39 is 0 Å². The van der Waals surface area contributed by atoms with E-state index in [1.165, 1.54) is 94.6 Å². The van der Waals surface area contributed by atoms with Gasteiger partial charge in [-0.15, -0.1) is 0 Å². The van der Waals surface area contributed by atoms with Gasteiger partial charge in [0.2, 0.25) is 0 Å². The summed E-state index contributed by atoms with van der Waals surface area (Å²) >= 11 is 0. The van der Waals surface area contributed by atoms with Crippen molar-refractivity contribution in [3.63, 3.8) is 0 Å². The minimum atomic E-state index is -0.349. The van der Waals surface area contributed by atoms with Crippen molar-refractivity contribution in [1.82, 2.24) is 0 Å². The lowest BCUT2D eigenvalue weighted by Crippen LogP contribution is -2.29. The Bertz CT molecular complexity index is 2680. The lowest BCUT2D eigenvalue weighted by atomic mass is 9.63. The molecule has 3 aliphatic rings. The van der Waals surface area contributed by atoms with Crippen molar-refractivity contribution in [3.05, 3.63) is 238 Å². The van der Waals surface area contributed by atoms with Gasteiger partial charge in [-0.3, -0.25) is 0 Å². The Morgan fingerprint density at radius 1 is 0.321 bits per heavy atom. The van der Waals surface area contributed by atoms with Crippen molar-refractivity contribution in [1.29, 1.82) is 0 Å². The summed E-state index contributed by atoms with van der Waals surface area (Å²) in [4.78, 5) is 0. The second-order valence-corrected chi connectivity index (χ2v) is 15.6. The van der Waals surface area contributed by atoms with Crippen molar-refractivity contribution < 1.29 is 0 Å². The number of hydrogen-bond donors (Lipinski definition) is 0. The maximum Gasteiger partial charge on any atom is 0.0725 e. The number of hydrogen-bond acceptors (Lipinski definition) is 0. The fourth-order valence-corrected chi connectivity index (χ4v) is 10.3. The highest BCUT2D eigenvalue weighted by molar-refractivity contribution is 5.96. The van der Waals surface area contributed by atoms with Gasteiger partial charge in [-0.25, -0.2) is 0 Å². The monoisotopic (exact) mass is 674 g/mol. The van der Waals surface area contributed by atoms with Crippen LogP contribution in [0.4, 0.5) is 0 Å². The van der Waals surface area contributed by atoms with E-state index in [0.717, 1.165) is 0 Å². The summed E-state index contributed by atoms with van der Waals surface area (Å²) in [5, 5.41) is 0. The molecule has 1 unspecified atom stereocenters. The van der Waals surface area contributed by atoms with Crippen molar-refractivity contribution in [2.24, 2.45) is 0 Å². The summed E-state index contributed by atoms with van der Waals surface area (Å²) < 4.78 is 0. The summed E-state index contributed by atoms with van der Waals surface area (Å²) in [6, 6.07) is 70.8. The zero-order valence-electron chi connectivity index (χ0n) is 30.0. The number of fused-ring (bicyclic) bond motifs is 12. The van der Waals surface area contributed by atoms with Crippen LogP contribution >= 0.6 is 0 Å². The first-order valence-electron chi connectivity index (χ1n) is 18.9. The predicted molar refractivity (Wildman–Crippen MR) is 220 cm³/mol. The number of rotatable bonds is 3.